The maximum Gasteiger partial charge on any atom is 0.269 e. The Balaban J connectivity index is 1.53. The first kappa shape index (κ1) is 17.3. The predicted molar refractivity (Wildman–Crippen MR) is 105 cm³/mol. The van der Waals surface area contributed by atoms with E-state index in [9.17, 15) is 14.9 Å². The summed E-state index contributed by atoms with van der Waals surface area (Å²) in [6.45, 7) is 1.09. The van der Waals surface area contributed by atoms with Gasteiger partial charge in [0, 0.05) is 58.5 Å². The number of nitro groups is 1. The number of H-pyrrole nitrogens is 1. The molecule has 0 fully saturated rings. The van der Waals surface area contributed by atoms with Gasteiger partial charge in [0.2, 0.25) is 0 Å². The summed E-state index contributed by atoms with van der Waals surface area (Å²) in [6.07, 6.45) is 4.76. The second kappa shape index (κ2) is 6.89. The van der Waals surface area contributed by atoms with Crippen LogP contribution in [0, 0.1) is 10.1 Å². The maximum atomic E-state index is 12.6. The molecule has 0 aliphatic carbocycles. The van der Waals surface area contributed by atoms with Gasteiger partial charge in [0.1, 0.15) is 0 Å². The summed E-state index contributed by atoms with van der Waals surface area (Å²) < 4.78 is 0. The number of carbonyl (C=O) groups excluding carboxylic acids is 1. The molecule has 136 valence electrons. The van der Waals surface area contributed by atoms with Crippen LogP contribution in [-0.2, 0) is 0 Å². The minimum Gasteiger partial charge on any atom is -0.361 e. The molecule has 1 aliphatic rings. The van der Waals surface area contributed by atoms with E-state index in [2.05, 4.69) is 11.1 Å². The summed E-state index contributed by atoms with van der Waals surface area (Å²) in [7, 11) is 0. The van der Waals surface area contributed by atoms with Gasteiger partial charge in [0.15, 0.2) is 0 Å². The molecule has 7 heteroatoms. The Morgan fingerprint density at radius 2 is 1.96 bits per heavy atom. The number of hydrogen-bond acceptors (Lipinski definition) is 3. The average Bonchev–Trinajstić information content (AvgIpc) is 3.10. The molecule has 1 amide bonds. The Morgan fingerprint density at radius 1 is 1.19 bits per heavy atom. The van der Waals surface area contributed by atoms with Crippen molar-refractivity contribution in [3.05, 3.63) is 81.0 Å². The molecule has 2 heterocycles. The standard InChI is InChI=1S/C20H16ClN3O3/c21-15-3-6-19-17(11-15)18(12-22-19)13-7-9-23(10-8-13)20(25)14-1-4-16(5-2-14)24(26)27/h1-7,11-12,22H,8-10H2. The molecule has 27 heavy (non-hydrogen) atoms. The van der Waals surface area contributed by atoms with Gasteiger partial charge >= 0.3 is 0 Å². The van der Waals surface area contributed by atoms with Crippen molar-refractivity contribution in [1.82, 2.24) is 9.88 Å². The molecule has 3 aromatic rings. The van der Waals surface area contributed by atoms with Crippen molar-refractivity contribution in [3.8, 4) is 0 Å². The van der Waals surface area contributed by atoms with Crippen molar-refractivity contribution in [2.24, 2.45) is 0 Å². The zero-order chi connectivity index (χ0) is 19.0. The highest BCUT2D eigenvalue weighted by Crippen LogP contribution is 2.31. The number of nitrogens with one attached hydrogen (secondary N) is 1. The molecular formula is C20H16ClN3O3. The van der Waals surface area contributed by atoms with Crippen LogP contribution in [0.5, 0.6) is 0 Å². The summed E-state index contributed by atoms with van der Waals surface area (Å²) in [5.74, 6) is -0.123. The van der Waals surface area contributed by atoms with Gasteiger partial charge in [0.05, 0.1) is 4.92 Å². The number of nitro benzene ring substituents is 1. The van der Waals surface area contributed by atoms with Crippen LogP contribution < -0.4 is 0 Å². The SMILES string of the molecule is O=C(c1ccc([N+](=O)[O-])cc1)N1CC=C(c2c[nH]c3ccc(Cl)cc23)CC1. The minimum absolute atomic E-state index is 0.0228. The van der Waals surface area contributed by atoms with Crippen LogP contribution in [0.25, 0.3) is 16.5 Å². The molecule has 0 saturated heterocycles. The van der Waals surface area contributed by atoms with E-state index in [0.717, 1.165) is 22.9 Å². The minimum atomic E-state index is -0.475. The number of rotatable bonds is 3. The first-order valence-corrected chi connectivity index (χ1v) is 8.90. The third kappa shape index (κ3) is 3.31. The van der Waals surface area contributed by atoms with Crippen molar-refractivity contribution >= 4 is 39.7 Å². The highest BCUT2D eigenvalue weighted by molar-refractivity contribution is 6.31. The second-order valence-electron chi connectivity index (χ2n) is 6.43. The van der Waals surface area contributed by atoms with Crippen molar-refractivity contribution in [1.29, 1.82) is 0 Å². The van der Waals surface area contributed by atoms with Crippen LogP contribution in [0.2, 0.25) is 5.02 Å². The highest BCUT2D eigenvalue weighted by atomic mass is 35.5. The lowest BCUT2D eigenvalue weighted by atomic mass is 9.98. The van der Waals surface area contributed by atoms with Gasteiger partial charge in [-0.25, -0.2) is 0 Å². The molecule has 0 radical (unpaired) electrons. The lowest BCUT2D eigenvalue weighted by molar-refractivity contribution is -0.384. The number of aromatic amines is 1. The summed E-state index contributed by atoms with van der Waals surface area (Å²) >= 11 is 6.12. The van der Waals surface area contributed by atoms with Crippen LogP contribution in [0.15, 0.2) is 54.7 Å². The zero-order valence-corrected chi connectivity index (χ0v) is 15.1. The first-order valence-electron chi connectivity index (χ1n) is 8.53. The monoisotopic (exact) mass is 381 g/mol. The van der Waals surface area contributed by atoms with Gasteiger partial charge in [-0.3, -0.25) is 14.9 Å². The molecular weight excluding hydrogens is 366 g/mol. The van der Waals surface area contributed by atoms with E-state index in [0.29, 0.717) is 23.7 Å². The van der Waals surface area contributed by atoms with Crippen LogP contribution in [0.4, 0.5) is 5.69 Å². The van der Waals surface area contributed by atoms with Crippen molar-refractivity contribution in [2.75, 3.05) is 13.1 Å². The van der Waals surface area contributed by atoms with Gasteiger partial charge in [0.25, 0.3) is 11.6 Å². The normalized spacial score (nSPS) is 14.3. The third-order valence-electron chi connectivity index (χ3n) is 4.81. The van der Waals surface area contributed by atoms with Gasteiger partial charge in [-0.1, -0.05) is 17.7 Å². The zero-order valence-electron chi connectivity index (χ0n) is 14.3. The largest absolute Gasteiger partial charge is 0.361 e. The Hall–Kier alpha value is -3.12. The lowest BCUT2D eigenvalue weighted by Gasteiger charge is -2.26. The van der Waals surface area contributed by atoms with Crippen LogP contribution in [0.3, 0.4) is 0 Å². The molecule has 1 aromatic heterocycles. The predicted octanol–water partition coefficient (Wildman–Crippen LogP) is 4.66. The molecule has 6 nitrogen and oxygen atoms in total. The Bertz CT molecular complexity index is 1070. The van der Waals surface area contributed by atoms with Crippen LogP contribution in [-0.4, -0.2) is 33.8 Å². The molecule has 0 bridgehead atoms. The highest BCUT2D eigenvalue weighted by Gasteiger charge is 2.21. The number of non-ortho nitro benzene ring substituents is 1. The van der Waals surface area contributed by atoms with Crippen LogP contribution >= 0.6 is 11.6 Å². The van der Waals surface area contributed by atoms with E-state index in [1.54, 1.807) is 4.90 Å². The number of nitrogens with zero attached hydrogens (tertiary/aromatic N) is 2. The molecule has 1 N–H and O–H groups in total. The number of halogens is 1. The van der Waals surface area contributed by atoms with E-state index in [1.165, 1.54) is 29.8 Å². The van der Waals surface area contributed by atoms with Gasteiger partial charge in [-0.2, -0.15) is 0 Å². The van der Waals surface area contributed by atoms with E-state index in [-0.39, 0.29) is 11.6 Å². The van der Waals surface area contributed by atoms with Gasteiger partial charge in [-0.15, -0.1) is 0 Å². The molecule has 2 aromatic carbocycles. The molecule has 0 unspecified atom stereocenters. The summed E-state index contributed by atoms with van der Waals surface area (Å²) in [5.41, 5.74) is 3.74. The van der Waals surface area contributed by atoms with Crippen LogP contribution in [0.1, 0.15) is 22.3 Å². The Kier molecular flexibility index (Phi) is 4.41. The fraction of sp³-hybridized carbons (Fsp3) is 0.150. The number of fused-ring (bicyclic) bond motifs is 1. The first-order chi connectivity index (χ1) is 13.0. The number of amides is 1. The van der Waals surface area contributed by atoms with Crippen molar-refractivity contribution < 1.29 is 9.72 Å². The second-order valence-corrected chi connectivity index (χ2v) is 6.86. The molecule has 4 rings (SSSR count). The average molecular weight is 382 g/mol. The number of aromatic nitrogens is 1. The molecule has 1 aliphatic heterocycles. The van der Waals surface area contributed by atoms with E-state index in [1.807, 2.05) is 24.4 Å². The van der Waals surface area contributed by atoms with Gasteiger partial charge < -0.3 is 9.88 Å². The number of carbonyl (C=O) groups is 1. The molecule has 0 saturated carbocycles. The number of hydrogen-bond donors (Lipinski definition) is 1. The topological polar surface area (TPSA) is 79.2 Å². The van der Waals surface area contributed by atoms with E-state index < -0.39 is 4.92 Å². The summed E-state index contributed by atoms with van der Waals surface area (Å²) in [5, 5.41) is 12.5. The number of benzene rings is 2. The third-order valence-corrected chi connectivity index (χ3v) is 5.05. The van der Waals surface area contributed by atoms with E-state index >= 15 is 0 Å². The molecule has 0 atom stereocenters. The fourth-order valence-electron chi connectivity index (χ4n) is 3.37. The van der Waals surface area contributed by atoms with Gasteiger partial charge in [-0.05, 0) is 42.3 Å². The van der Waals surface area contributed by atoms with E-state index in [4.69, 9.17) is 11.6 Å². The smallest absolute Gasteiger partial charge is 0.269 e. The van der Waals surface area contributed by atoms with Crippen molar-refractivity contribution in [2.45, 2.75) is 6.42 Å². The fourth-order valence-corrected chi connectivity index (χ4v) is 3.54. The Labute approximate surface area is 160 Å². The quantitative estimate of drug-likeness (QED) is 0.529. The van der Waals surface area contributed by atoms with Crippen molar-refractivity contribution in [3.63, 3.8) is 0 Å². The summed E-state index contributed by atoms with van der Waals surface area (Å²) in [6, 6.07) is 11.5. The maximum absolute atomic E-state index is 12.6. The molecule has 0 spiro atoms. The lowest BCUT2D eigenvalue weighted by Crippen LogP contribution is -2.34. The Morgan fingerprint density at radius 3 is 2.63 bits per heavy atom. The summed E-state index contributed by atoms with van der Waals surface area (Å²) in [4.78, 5) is 27.9.